The number of likely N-dealkylation sites (tertiary alicyclic amines) is 1. The molecule has 0 spiro atoms. The first-order valence-electron chi connectivity index (χ1n) is 8.39. The molecule has 0 aromatic carbocycles. The zero-order valence-corrected chi connectivity index (χ0v) is 14.2. The van der Waals surface area contributed by atoms with Crippen LogP contribution in [0.2, 0.25) is 0 Å². The molecule has 1 aromatic rings. The fraction of sp³-hybridized carbons (Fsp3) is 0.812. The number of carbonyl (C=O) groups is 1. The largest absolute Gasteiger partial charge is 0.341 e. The van der Waals surface area contributed by atoms with Crippen LogP contribution in [0.1, 0.15) is 64.7 Å². The van der Waals surface area contributed by atoms with Crippen molar-refractivity contribution in [2.75, 3.05) is 13.1 Å². The Bertz CT molecular complexity index is 498. The summed E-state index contributed by atoms with van der Waals surface area (Å²) in [6.07, 6.45) is 4.75. The summed E-state index contributed by atoms with van der Waals surface area (Å²) < 4.78 is 2.10. The van der Waals surface area contributed by atoms with Gasteiger partial charge in [0, 0.05) is 25.0 Å². The Morgan fingerprint density at radius 1 is 1.45 bits per heavy atom. The van der Waals surface area contributed by atoms with Crippen molar-refractivity contribution < 1.29 is 4.79 Å². The third-order valence-electron chi connectivity index (χ3n) is 4.80. The number of carbonyl (C=O) groups excluding carboxylic acids is 1. The molecule has 2 heterocycles. The molecular weight excluding hydrogens is 278 g/mol. The van der Waals surface area contributed by atoms with Crippen LogP contribution in [0.15, 0.2) is 6.33 Å². The molecule has 0 bridgehead atoms. The van der Waals surface area contributed by atoms with E-state index in [4.69, 9.17) is 5.73 Å². The van der Waals surface area contributed by atoms with Gasteiger partial charge >= 0.3 is 0 Å². The Labute approximate surface area is 133 Å². The molecule has 0 aliphatic carbocycles. The van der Waals surface area contributed by atoms with Crippen LogP contribution >= 0.6 is 0 Å². The predicted molar refractivity (Wildman–Crippen MR) is 86.4 cm³/mol. The highest BCUT2D eigenvalue weighted by molar-refractivity contribution is 5.82. The van der Waals surface area contributed by atoms with E-state index < -0.39 is 6.04 Å². The molecule has 1 aromatic heterocycles. The number of rotatable bonds is 5. The normalized spacial score (nSPS) is 21.9. The van der Waals surface area contributed by atoms with Crippen molar-refractivity contribution in [2.24, 2.45) is 11.7 Å². The van der Waals surface area contributed by atoms with E-state index in [9.17, 15) is 4.79 Å². The number of nitrogens with two attached hydrogens (primary N) is 1. The van der Waals surface area contributed by atoms with E-state index in [1.807, 2.05) is 11.8 Å². The highest BCUT2D eigenvalue weighted by atomic mass is 16.2. The van der Waals surface area contributed by atoms with Gasteiger partial charge in [0.15, 0.2) is 0 Å². The molecule has 2 N–H and O–H groups in total. The molecule has 1 aliphatic rings. The highest BCUT2D eigenvalue weighted by Gasteiger charge is 2.31. The van der Waals surface area contributed by atoms with Gasteiger partial charge < -0.3 is 15.2 Å². The lowest BCUT2D eigenvalue weighted by Gasteiger charge is -2.35. The minimum atomic E-state index is -0.397. The SMILES string of the molecule is CC[C@H](C)[C@H](N)C(=O)N1CCC[C@@H](c2nncn2C(C)C)C1. The molecule has 0 radical (unpaired) electrons. The van der Waals surface area contributed by atoms with Gasteiger partial charge in [0.1, 0.15) is 12.2 Å². The van der Waals surface area contributed by atoms with Crippen LogP contribution in [0, 0.1) is 5.92 Å². The molecule has 6 nitrogen and oxygen atoms in total. The topological polar surface area (TPSA) is 77.0 Å². The van der Waals surface area contributed by atoms with Crippen LogP contribution in [0.5, 0.6) is 0 Å². The van der Waals surface area contributed by atoms with Gasteiger partial charge in [0.25, 0.3) is 0 Å². The molecule has 1 saturated heterocycles. The molecule has 1 aliphatic heterocycles. The Morgan fingerprint density at radius 2 is 2.18 bits per heavy atom. The third-order valence-corrected chi connectivity index (χ3v) is 4.80. The molecule has 124 valence electrons. The van der Waals surface area contributed by atoms with Gasteiger partial charge in [0.2, 0.25) is 5.91 Å². The van der Waals surface area contributed by atoms with Crippen LogP contribution in [0.3, 0.4) is 0 Å². The maximum absolute atomic E-state index is 12.6. The van der Waals surface area contributed by atoms with E-state index in [0.29, 0.717) is 12.6 Å². The van der Waals surface area contributed by atoms with Crippen LogP contribution in [-0.4, -0.2) is 44.7 Å². The Hall–Kier alpha value is -1.43. The summed E-state index contributed by atoms with van der Waals surface area (Å²) in [5, 5.41) is 8.34. The minimum absolute atomic E-state index is 0.0784. The van der Waals surface area contributed by atoms with Gasteiger partial charge in [-0.3, -0.25) is 4.79 Å². The lowest BCUT2D eigenvalue weighted by molar-refractivity contribution is -0.135. The Balaban J connectivity index is 2.09. The van der Waals surface area contributed by atoms with E-state index in [1.54, 1.807) is 6.33 Å². The van der Waals surface area contributed by atoms with Crippen molar-refractivity contribution in [3.63, 3.8) is 0 Å². The quantitative estimate of drug-likeness (QED) is 0.902. The molecule has 6 heteroatoms. The Morgan fingerprint density at radius 3 is 2.82 bits per heavy atom. The van der Waals surface area contributed by atoms with Crippen molar-refractivity contribution in [2.45, 2.75) is 65.0 Å². The molecule has 1 fully saturated rings. The first-order chi connectivity index (χ1) is 10.5. The molecule has 3 atom stereocenters. The second-order valence-corrected chi connectivity index (χ2v) is 6.72. The van der Waals surface area contributed by atoms with E-state index in [-0.39, 0.29) is 17.7 Å². The summed E-state index contributed by atoms with van der Waals surface area (Å²) in [5.74, 6) is 1.54. The minimum Gasteiger partial charge on any atom is -0.341 e. The maximum atomic E-state index is 12.6. The molecular formula is C16H29N5O. The highest BCUT2D eigenvalue weighted by Crippen LogP contribution is 2.27. The fourth-order valence-corrected chi connectivity index (χ4v) is 3.04. The maximum Gasteiger partial charge on any atom is 0.239 e. The molecule has 2 rings (SSSR count). The van der Waals surface area contributed by atoms with Gasteiger partial charge in [-0.05, 0) is 32.6 Å². The fourth-order valence-electron chi connectivity index (χ4n) is 3.04. The van der Waals surface area contributed by atoms with E-state index in [2.05, 4.69) is 35.5 Å². The third kappa shape index (κ3) is 3.48. The van der Waals surface area contributed by atoms with Gasteiger partial charge in [-0.25, -0.2) is 0 Å². The van der Waals surface area contributed by atoms with Crippen molar-refractivity contribution in [1.82, 2.24) is 19.7 Å². The van der Waals surface area contributed by atoms with Crippen molar-refractivity contribution >= 4 is 5.91 Å². The second kappa shape index (κ2) is 7.22. The summed E-state index contributed by atoms with van der Waals surface area (Å²) in [6, 6.07) is -0.0647. The van der Waals surface area contributed by atoms with Crippen LogP contribution in [0.4, 0.5) is 0 Å². The zero-order valence-electron chi connectivity index (χ0n) is 14.2. The number of amides is 1. The van der Waals surface area contributed by atoms with Crippen molar-refractivity contribution in [3.8, 4) is 0 Å². The molecule has 0 unspecified atom stereocenters. The van der Waals surface area contributed by atoms with E-state index in [1.165, 1.54) is 0 Å². The average Bonchev–Trinajstić information content (AvgIpc) is 3.02. The Kier molecular flexibility index (Phi) is 5.56. The monoisotopic (exact) mass is 307 g/mol. The van der Waals surface area contributed by atoms with Crippen molar-refractivity contribution in [1.29, 1.82) is 0 Å². The molecule has 22 heavy (non-hydrogen) atoms. The number of hydrogen-bond donors (Lipinski definition) is 1. The summed E-state index contributed by atoms with van der Waals surface area (Å²) >= 11 is 0. The van der Waals surface area contributed by atoms with Gasteiger partial charge in [-0.2, -0.15) is 0 Å². The lowest BCUT2D eigenvalue weighted by atomic mass is 9.94. The summed E-state index contributed by atoms with van der Waals surface area (Å²) in [4.78, 5) is 14.5. The standard InChI is InChI=1S/C16H29N5O/c1-5-12(4)14(17)16(22)20-8-6-7-13(9-20)15-19-18-10-21(15)11(2)3/h10-14H,5-9,17H2,1-4H3/t12-,13+,14-/m0/s1. The number of nitrogens with zero attached hydrogens (tertiary/aromatic N) is 4. The van der Waals surface area contributed by atoms with Crippen molar-refractivity contribution in [3.05, 3.63) is 12.2 Å². The van der Waals surface area contributed by atoms with Gasteiger partial charge in [-0.15, -0.1) is 10.2 Å². The van der Waals surface area contributed by atoms with Gasteiger partial charge in [-0.1, -0.05) is 20.3 Å². The summed E-state index contributed by atoms with van der Waals surface area (Å²) in [7, 11) is 0. The van der Waals surface area contributed by atoms with E-state index in [0.717, 1.165) is 31.6 Å². The summed E-state index contributed by atoms with van der Waals surface area (Å²) in [5.41, 5.74) is 6.12. The number of aromatic nitrogens is 3. The smallest absolute Gasteiger partial charge is 0.239 e. The molecule has 0 saturated carbocycles. The van der Waals surface area contributed by atoms with Gasteiger partial charge in [0.05, 0.1) is 6.04 Å². The second-order valence-electron chi connectivity index (χ2n) is 6.72. The lowest BCUT2D eigenvalue weighted by Crippen LogP contribution is -2.50. The predicted octanol–water partition coefficient (Wildman–Crippen LogP) is 1.94. The first-order valence-corrected chi connectivity index (χ1v) is 8.39. The average molecular weight is 307 g/mol. The first kappa shape index (κ1) is 16.9. The van der Waals surface area contributed by atoms with E-state index >= 15 is 0 Å². The number of piperidine rings is 1. The summed E-state index contributed by atoms with van der Waals surface area (Å²) in [6.45, 7) is 9.86. The van der Waals surface area contributed by atoms with Crippen LogP contribution in [0.25, 0.3) is 0 Å². The number of hydrogen-bond acceptors (Lipinski definition) is 4. The zero-order chi connectivity index (χ0) is 16.3. The van der Waals surface area contributed by atoms with Crippen LogP contribution in [-0.2, 0) is 4.79 Å². The van der Waals surface area contributed by atoms with Crippen LogP contribution < -0.4 is 5.73 Å². The molecule has 1 amide bonds.